The molecule has 2 aromatic rings. The molecule has 1 N–H and O–H groups in total. The van der Waals surface area contributed by atoms with Crippen LogP contribution in [0.2, 0.25) is 5.02 Å². The van der Waals surface area contributed by atoms with Crippen LogP contribution in [0.25, 0.3) is 0 Å². The minimum Gasteiger partial charge on any atom is -0.482 e. The monoisotopic (exact) mass is 289 g/mol. The van der Waals surface area contributed by atoms with E-state index in [9.17, 15) is 4.79 Å². The second-order valence-electron chi connectivity index (χ2n) is 4.30. The summed E-state index contributed by atoms with van der Waals surface area (Å²) in [5.74, 6) is 0.369. The number of ether oxygens (including phenoxy) is 1. The number of hydrogen-bond acceptors (Lipinski definition) is 2. The topological polar surface area (TPSA) is 38.3 Å². The Morgan fingerprint density at radius 3 is 2.50 bits per heavy atom. The van der Waals surface area contributed by atoms with Crippen molar-refractivity contribution in [3.05, 3.63) is 65.2 Å². The Balaban J connectivity index is 1.70. The van der Waals surface area contributed by atoms with Crippen molar-refractivity contribution in [3.8, 4) is 5.75 Å². The molecule has 0 atom stereocenters. The first-order chi connectivity index (χ1) is 9.75. The van der Waals surface area contributed by atoms with Crippen molar-refractivity contribution in [1.29, 1.82) is 0 Å². The Morgan fingerprint density at radius 1 is 1.05 bits per heavy atom. The third-order valence-electron chi connectivity index (χ3n) is 2.77. The summed E-state index contributed by atoms with van der Waals surface area (Å²) in [5.41, 5.74) is 1.19. The number of halogens is 1. The summed E-state index contributed by atoms with van der Waals surface area (Å²) >= 11 is 5.94. The van der Waals surface area contributed by atoms with E-state index >= 15 is 0 Å². The van der Waals surface area contributed by atoms with Gasteiger partial charge in [-0.3, -0.25) is 4.79 Å². The molecule has 0 aliphatic carbocycles. The standard InChI is InChI=1S/C16H16ClNO2/c17-14-8-4-5-9-15(14)20-12-16(19)18-11-10-13-6-2-1-3-7-13/h1-9H,10-12H2,(H,18,19). The summed E-state index contributed by atoms with van der Waals surface area (Å²) in [6.45, 7) is 0.563. The largest absolute Gasteiger partial charge is 0.482 e. The zero-order valence-electron chi connectivity index (χ0n) is 11.0. The molecule has 104 valence electrons. The maximum atomic E-state index is 11.6. The van der Waals surface area contributed by atoms with Gasteiger partial charge in [0.05, 0.1) is 5.02 Å². The van der Waals surface area contributed by atoms with Gasteiger partial charge in [0.25, 0.3) is 5.91 Å². The first-order valence-corrected chi connectivity index (χ1v) is 6.81. The molecular weight excluding hydrogens is 274 g/mol. The molecule has 0 saturated heterocycles. The fraction of sp³-hybridized carbons (Fsp3) is 0.188. The van der Waals surface area contributed by atoms with Crippen molar-refractivity contribution < 1.29 is 9.53 Å². The fourth-order valence-electron chi connectivity index (χ4n) is 1.75. The van der Waals surface area contributed by atoms with E-state index in [0.29, 0.717) is 17.3 Å². The molecule has 0 fully saturated rings. The third-order valence-corrected chi connectivity index (χ3v) is 3.09. The second-order valence-corrected chi connectivity index (χ2v) is 4.71. The number of nitrogens with one attached hydrogen (secondary N) is 1. The highest BCUT2D eigenvalue weighted by Crippen LogP contribution is 2.22. The van der Waals surface area contributed by atoms with Crippen LogP contribution in [-0.2, 0) is 11.2 Å². The number of carbonyl (C=O) groups excluding carboxylic acids is 1. The van der Waals surface area contributed by atoms with E-state index in [1.807, 2.05) is 42.5 Å². The molecule has 0 radical (unpaired) electrons. The molecule has 0 unspecified atom stereocenters. The lowest BCUT2D eigenvalue weighted by Gasteiger charge is -2.08. The van der Waals surface area contributed by atoms with Gasteiger partial charge in [0, 0.05) is 6.54 Å². The van der Waals surface area contributed by atoms with Crippen LogP contribution < -0.4 is 10.1 Å². The average molecular weight is 290 g/mol. The van der Waals surface area contributed by atoms with Gasteiger partial charge in [0.2, 0.25) is 0 Å². The maximum absolute atomic E-state index is 11.6. The van der Waals surface area contributed by atoms with E-state index in [1.54, 1.807) is 12.1 Å². The van der Waals surface area contributed by atoms with Crippen LogP contribution in [0.1, 0.15) is 5.56 Å². The lowest BCUT2D eigenvalue weighted by Crippen LogP contribution is -2.30. The molecular formula is C16H16ClNO2. The Kier molecular flexibility index (Phi) is 5.44. The number of hydrogen-bond donors (Lipinski definition) is 1. The van der Waals surface area contributed by atoms with Crippen LogP contribution in [0, 0.1) is 0 Å². The van der Waals surface area contributed by atoms with Crippen molar-refractivity contribution in [2.75, 3.05) is 13.2 Å². The molecule has 0 saturated carbocycles. The van der Waals surface area contributed by atoms with Crippen molar-refractivity contribution in [3.63, 3.8) is 0 Å². The van der Waals surface area contributed by atoms with Crippen LogP contribution >= 0.6 is 11.6 Å². The zero-order valence-corrected chi connectivity index (χ0v) is 11.8. The van der Waals surface area contributed by atoms with E-state index in [-0.39, 0.29) is 12.5 Å². The third kappa shape index (κ3) is 4.59. The van der Waals surface area contributed by atoms with Crippen LogP contribution in [0.5, 0.6) is 5.75 Å². The van der Waals surface area contributed by atoms with Gasteiger partial charge in [-0.15, -0.1) is 0 Å². The number of carbonyl (C=O) groups is 1. The predicted molar refractivity (Wildman–Crippen MR) is 80.1 cm³/mol. The van der Waals surface area contributed by atoms with Crippen LogP contribution in [0.3, 0.4) is 0 Å². The lowest BCUT2D eigenvalue weighted by molar-refractivity contribution is -0.123. The number of rotatable bonds is 6. The Morgan fingerprint density at radius 2 is 1.75 bits per heavy atom. The lowest BCUT2D eigenvalue weighted by atomic mass is 10.1. The van der Waals surface area contributed by atoms with Gasteiger partial charge in [0.1, 0.15) is 5.75 Å². The summed E-state index contributed by atoms with van der Waals surface area (Å²) in [5, 5.41) is 3.32. The molecule has 0 aliphatic rings. The molecule has 0 heterocycles. The smallest absolute Gasteiger partial charge is 0.257 e. The Labute approximate surface area is 123 Å². The quantitative estimate of drug-likeness (QED) is 0.887. The van der Waals surface area contributed by atoms with E-state index in [1.165, 1.54) is 5.56 Å². The average Bonchev–Trinajstić information content (AvgIpc) is 2.47. The van der Waals surface area contributed by atoms with Gasteiger partial charge in [-0.05, 0) is 24.1 Å². The summed E-state index contributed by atoms with van der Waals surface area (Å²) in [6, 6.07) is 17.1. The molecule has 0 aliphatic heterocycles. The van der Waals surface area contributed by atoms with E-state index in [4.69, 9.17) is 16.3 Å². The summed E-state index contributed by atoms with van der Waals surface area (Å²) in [7, 11) is 0. The molecule has 0 bridgehead atoms. The molecule has 3 nitrogen and oxygen atoms in total. The van der Waals surface area contributed by atoms with Crippen LogP contribution in [0.4, 0.5) is 0 Å². The first-order valence-electron chi connectivity index (χ1n) is 6.43. The minimum absolute atomic E-state index is 0.0292. The Hall–Kier alpha value is -2.00. The van der Waals surface area contributed by atoms with Crippen LogP contribution in [-0.4, -0.2) is 19.1 Å². The van der Waals surface area contributed by atoms with Gasteiger partial charge in [-0.2, -0.15) is 0 Å². The number of para-hydroxylation sites is 1. The molecule has 0 spiro atoms. The van der Waals surface area contributed by atoms with E-state index < -0.39 is 0 Å². The van der Waals surface area contributed by atoms with Crippen molar-refractivity contribution >= 4 is 17.5 Å². The highest BCUT2D eigenvalue weighted by atomic mass is 35.5. The predicted octanol–water partition coefficient (Wildman–Crippen LogP) is 3.08. The van der Waals surface area contributed by atoms with Gasteiger partial charge in [-0.25, -0.2) is 0 Å². The normalized spacial score (nSPS) is 10.1. The fourth-order valence-corrected chi connectivity index (χ4v) is 1.94. The number of amides is 1. The summed E-state index contributed by atoms with van der Waals surface area (Å²) < 4.78 is 5.36. The van der Waals surface area contributed by atoms with Crippen LogP contribution in [0.15, 0.2) is 54.6 Å². The van der Waals surface area contributed by atoms with Gasteiger partial charge < -0.3 is 10.1 Å². The van der Waals surface area contributed by atoms with Gasteiger partial charge in [0.15, 0.2) is 6.61 Å². The highest BCUT2D eigenvalue weighted by Gasteiger charge is 2.04. The van der Waals surface area contributed by atoms with Crippen molar-refractivity contribution in [2.24, 2.45) is 0 Å². The molecule has 1 amide bonds. The summed E-state index contributed by atoms with van der Waals surface area (Å²) in [4.78, 5) is 11.6. The molecule has 4 heteroatoms. The first kappa shape index (κ1) is 14.4. The van der Waals surface area contributed by atoms with E-state index in [2.05, 4.69) is 5.32 Å². The van der Waals surface area contributed by atoms with Crippen molar-refractivity contribution in [2.45, 2.75) is 6.42 Å². The maximum Gasteiger partial charge on any atom is 0.257 e. The Bertz CT molecular complexity index is 557. The summed E-state index contributed by atoms with van der Waals surface area (Å²) in [6.07, 6.45) is 0.804. The molecule has 0 aromatic heterocycles. The second kappa shape index (κ2) is 7.56. The van der Waals surface area contributed by atoms with Gasteiger partial charge in [-0.1, -0.05) is 54.1 Å². The highest BCUT2D eigenvalue weighted by molar-refractivity contribution is 6.32. The molecule has 2 rings (SSSR count). The SMILES string of the molecule is O=C(COc1ccccc1Cl)NCCc1ccccc1. The van der Waals surface area contributed by atoms with Gasteiger partial charge >= 0.3 is 0 Å². The molecule has 2 aromatic carbocycles. The molecule has 20 heavy (non-hydrogen) atoms. The zero-order chi connectivity index (χ0) is 14.2. The number of benzene rings is 2. The minimum atomic E-state index is -0.152. The van der Waals surface area contributed by atoms with E-state index in [0.717, 1.165) is 6.42 Å². The van der Waals surface area contributed by atoms with Crippen molar-refractivity contribution in [1.82, 2.24) is 5.32 Å².